The van der Waals surface area contributed by atoms with Crippen LogP contribution in [0.5, 0.6) is 0 Å². The number of nitrogens with zero attached hydrogens (tertiary/aromatic N) is 2. The summed E-state index contributed by atoms with van der Waals surface area (Å²) in [6, 6.07) is 0. The fraction of sp³-hybridized carbons (Fsp3) is 0.583. The number of nitrogen functional groups attached to an aromatic ring is 1. The molecule has 1 aromatic heterocycles. The van der Waals surface area contributed by atoms with Crippen LogP contribution >= 0.6 is 11.3 Å². The molecule has 3 atom stereocenters. The van der Waals surface area contributed by atoms with E-state index in [1.54, 1.807) is 5.38 Å². The van der Waals surface area contributed by atoms with E-state index in [0.717, 1.165) is 0 Å². The van der Waals surface area contributed by atoms with Gasteiger partial charge in [-0.25, -0.2) is 4.98 Å². The van der Waals surface area contributed by atoms with Crippen LogP contribution in [0.15, 0.2) is 10.5 Å². The second kappa shape index (κ2) is 8.40. The Bertz CT molecular complexity index is 600. The molecule has 1 aromatic rings. The second-order valence-electron chi connectivity index (χ2n) is 5.23. The number of carboxylic acids is 1. The summed E-state index contributed by atoms with van der Waals surface area (Å²) in [7, 11) is 0.0828. The van der Waals surface area contributed by atoms with Crippen LogP contribution in [0.1, 0.15) is 25.0 Å². The summed E-state index contributed by atoms with van der Waals surface area (Å²) in [5.41, 5.74) is 6.05. The van der Waals surface area contributed by atoms with E-state index in [4.69, 9.17) is 20.3 Å². The van der Waals surface area contributed by atoms with Gasteiger partial charge in [0.1, 0.15) is 18.5 Å². The van der Waals surface area contributed by atoms with Crippen molar-refractivity contribution in [3.63, 3.8) is 0 Å². The molecule has 1 aliphatic rings. The molecule has 10 nitrogen and oxygen atoms in total. The molecule has 6 N–H and O–H groups in total. The maximum atomic E-state index is 10.7. The number of aliphatic hydroxyl groups is 1. The summed E-state index contributed by atoms with van der Waals surface area (Å²) in [5.74, 6) is -1.59. The minimum absolute atomic E-state index is 0.116. The van der Waals surface area contributed by atoms with Crippen molar-refractivity contribution in [3.8, 4) is 0 Å². The molecule has 2 rings (SSSR count). The van der Waals surface area contributed by atoms with E-state index in [9.17, 15) is 14.9 Å². The van der Waals surface area contributed by atoms with Crippen LogP contribution in [0.3, 0.4) is 0 Å². The third-order valence-corrected chi connectivity index (χ3v) is 4.16. The van der Waals surface area contributed by atoms with E-state index in [1.165, 1.54) is 18.4 Å². The molecule has 12 heteroatoms. The van der Waals surface area contributed by atoms with Gasteiger partial charge in [0.15, 0.2) is 11.4 Å². The highest BCUT2D eigenvalue weighted by molar-refractivity contribution is 7.13. The molecule has 1 saturated heterocycles. The van der Waals surface area contributed by atoms with Gasteiger partial charge in [0, 0.05) is 11.3 Å². The summed E-state index contributed by atoms with van der Waals surface area (Å²) >= 11 is 1.19. The van der Waals surface area contributed by atoms with E-state index in [0.29, 0.717) is 23.7 Å². The van der Waals surface area contributed by atoms with Crippen molar-refractivity contribution in [2.75, 3.05) is 12.8 Å². The van der Waals surface area contributed by atoms with Crippen LogP contribution in [0.4, 0.5) is 5.13 Å². The normalized spacial score (nSPS) is 23.1. The average Bonchev–Trinajstić information content (AvgIpc) is 2.93. The topological polar surface area (TPSA) is 160 Å². The van der Waals surface area contributed by atoms with Crippen molar-refractivity contribution < 1.29 is 29.5 Å². The van der Waals surface area contributed by atoms with Crippen LogP contribution in [-0.4, -0.2) is 64.4 Å². The minimum Gasteiger partial charge on any atom is -0.481 e. The fourth-order valence-corrected chi connectivity index (χ4v) is 2.96. The summed E-state index contributed by atoms with van der Waals surface area (Å²) in [4.78, 5) is 19.4. The van der Waals surface area contributed by atoms with Gasteiger partial charge in [0.2, 0.25) is 0 Å². The minimum atomic E-state index is -1.27. The predicted molar refractivity (Wildman–Crippen MR) is 87.3 cm³/mol. The molecule has 0 bridgehead atoms. The van der Waals surface area contributed by atoms with Crippen molar-refractivity contribution in [1.29, 1.82) is 0 Å². The molecule has 0 amide bonds. The van der Waals surface area contributed by atoms with Crippen molar-refractivity contribution >= 4 is 35.3 Å². The zero-order valence-corrected chi connectivity index (χ0v) is 13.8. The van der Waals surface area contributed by atoms with Crippen LogP contribution in [0.2, 0.25) is 0 Å². The van der Waals surface area contributed by atoms with E-state index >= 15 is 0 Å². The van der Waals surface area contributed by atoms with Crippen LogP contribution in [-0.2, 0) is 14.3 Å². The van der Waals surface area contributed by atoms with E-state index in [1.807, 2.05) is 0 Å². The third kappa shape index (κ3) is 4.88. The third-order valence-electron chi connectivity index (χ3n) is 3.48. The molecular formula is C12H19BN4O6S. The zero-order chi connectivity index (χ0) is 17.7. The molecule has 1 aliphatic heterocycles. The lowest BCUT2D eigenvalue weighted by Gasteiger charge is -2.32. The van der Waals surface area contributed by atoms with Crippen LogP contribution in [0.25, 0.3) is 0 Å². The molecule has 2 heterocycles. The first-order valence-corrected chi connectivity index (χ1v) is 8.10. The van der Waals surface area contributed by atoms with E-state index in [-0.39, 0.29) is 12.1 Å². The molecular weight excluding hydrogens is 339 g/mol. The molecule has 0 spiro atoms. The van der Waals surface area contributed by atoms with Gasteiger partial charge >= 0.3 is 13.1 Å². The number of thiazole rings is 1. The Kier molecular flexibility index (Phi) is 6.51. The number of nitrogens with one attached hydrogen (secondary N) is 1. The number of rotatable bonds is 7. The van der Waals surface area contributed by atoms with Gasteiger partial charge in [-0.2, -0.15) is 0 Å². The molecule has 1 unspecified atom stereocenters. The van der Waals surface area contributed by atoms with Gasteiger partial charge in [0.25, 0.3) is 0 Å². The number of aromatic nitrogens is 1. The number of hydrogen-bond donors (Lipinski definition) is 5. The largest absolute Gasteiger partial charge is 0.481 e. The number of hydrogen-bond acceptors (Lipinski definition) is 10. The summed E-state index contributed by atoms with van der Waals surface area (Å²) < 4.78 is 5.26. The number of aliphatic carboxylic acids is 1. The zero-order valence-electron chi connectivity index (χ0n) is 13.0. The molecule has 24 heavy (non-hydrogen) atoms. The fourth-order valence-electron chi connectivity index (χ4n) is 2.40. The number of carboxylic acid groups (broad SMARTS) is 1. The van der Waals surface area contributed by atoms with Crippen LogP contribution in [0, 0.1) is 0 Å². The first-order chi connectivity index (χ1) is 11.4. The smallest absolute Gasteiger partial charge is 0.472 e. The average molecular weight is 358 g/mol. The molecule has 0 aromatic carbocycles. The maximum Gasteiger partial charge on any atom is 0.472 e. The SMILES string of the molecule is CO/N=C(\c1csc(N)n1)C(O)N[C@H]1CC[C@@H](CC(=O)O)OB1O. The Morgan fingerprint density at radius 2 is 2.46 bits per heavy atom. The van der Waals surface area contributed by atoms with Gasteiger partial charge in [-0.15, -0.1) is 11.3 Å². The lowest BCUT2D eigenvalue weighted by atomic mass is 9.72. The quantitative estimate of drug-likeness (QED) is 0.179. The highest BCUT2D eigenvalue weighted by atomic mass is 32.1. The van der Waals surface area contributed by atoms with E-state index < -0.39 is 31.4 Å². The van der Waals surface area contributed by atoms with Crippen molar-refractivity contribution in [3.05, 3.63) is 11.1 Å². The Labute approximate surface area is 142 Å². The molecule has 0 aliphatic carbocycles. The Morgan fingerprint density at radius 1 is 1.71 bits per heavy atom. The van der Waals surface area contributed by atoms with Crippen molar-refractivity contribution in [2.45, 2.75) is 37.5 Å². The van der Waals surface area contributed by atoms with Gasteiger partial charge < -0.3 is 30.5 Å². The Morgan fingerprint density at radius 3 is 3.00 bits per heavy atom. The van der Waals surface area contributed by atoms with E-state index in [2.05, 4.69) is 15.5 Å². The lowest BCUT2D eigenvalue weighted by molar-refractivity contribution is -0.139. The maximum absolute atomic E-state index is 10.7. The number of nitrogens with two attached hydrogens (primary N) is 1. The first kappa shape index (κ1) is 18.6. The van der Waals surface area contributed by atoms with Crippen LogP contribution < -0.4 is 11.1 Å². The summed E-state index contributed by atoms with van der Waals surface area (Å²) in [6.07, 6.45) is -1.14. The van der Waals surface area contributed by atoms with Gasteiger partial charge in [-0.1, -0.05) is 5.16 Å². The van der Waals surface area contributed by atoms with Crippen molar-refractivity contribution in [1.82, 2.24) is 10.3 Å². The Balaban J connectivity index is 1.99. The summed E-state index contributed by atoms with van der Waals surface area (Å²) in [5, 5.41) is 37.5. The lowest BCUT2D eigenvalue weighted by Crippen LogP contribution is -2.55. The summed E-state index contributed by atoms with van der Waals surface area (Å²) in [6.45, 7) is 0. The van der Waals surface area contributed by atoms with Gasteiger partial charge in [-0.05, 0) is 12.8 Å². The predicted octanol–water partition coefficient (Wildman–Crippen LogP) is -0.974. The van der Waals surface area contributed by atoms with Crippen molar-refractivity contribution in [2.24, 2.45) is 5.16 Å². The monoisotopic (exact) mass is 358 g/mol. The highest BCUT2D eigenvalue weighted by Gasteiger charge is 2.37. The molecule has 132 valence electrons. The Hall–Kier alpha value is -1.73. The molecule has 0 saturated carbocycles. The second-order valence-corrected chi connectivity index (χ2v) is 6.12. The van der Waals surface area contributed by atoms with Gasteiger partial charge in [0.05, 0.1) is 12.5 Å². The number of anilines is 1. The number of aliphatic hydroxyl groups excluding tert-OH is 1. The molecule has 1 fully saturated rings. The number of oxime groups is 1. The highest BCUT2D eigenvalue weighted by Crippen LogP contribution is 2.20. The van der Waals surface area contributed by atoms with Gasteiger partial charge in [-0.3, -0.25) is 10.1 Å². The number of carbonyl (C=O) groups is 1. The molecule has 0 radical (unpaired) electrons. The first-order valence-electron chi connectivity index (χ1n) is 7.22. The standard InChI is InChI=1S/C12H19BN4O6S/c1-22-17-10(7-5-24-12(14)15-7)11(20)16-8-3-2-6(4-9(18)19)23-13(8)21/h5-6,8,11,16,20-21H,2-4H2,1H3,(H2,14,15)(H,18,19)/b17-10+/t6-,8-,11?/m0/s1.